The van der Waals surface area contributed by atoms with E-state index in [0.29, 0.717) is 29.4 Å². The smallest absolute Gasteiger partial charge is 0.231 e. The van der Waals surface area contributed by atoms with Crippen LogP contribution < -0.4 is 4.74 Å². The summed E-state index contributed by atoms with van der Waals surface area (Å²) in [6.07, 6.45) is 6.70. The Labute approximate surface area is 149 Å². The molecule has 0 atom stereocenters. The maximum atomic E-state index is 11.2. The van der Waals surface area contributed by atoms with Gasteiger partial charge in [-0.05, 0) is 24.6 Å². The van der Waals surface area contributed by atoms with Crippen molar-refractivity contribution in [2.75, 3.05) is 18.6 Å². The molecule has 0 aliphatic carbocycles. The largest absolute Gasteiger partial charge is 0.477 e. The molecule has 0 amide bonds. The third-order valence-electron chi connectivity index (χ3n) is 3.82. The Bertz CT molecular complexity index is 1150. The van der Waals surface area contributed by atoms with Crippen molar-refractivity contribution in [1.29, 1.82) is 0 Å². The molecule has 0 radical (unpaired) electrons. The molecule has 0 saturated carbocycles. The van der Waals surface area contributed by atoms with Gasteiger partial charge in [0.25, 0.3) is 0 Å². The van der Waals surface area contributed by atoms with Gasteiger partial charge in [-0.3, -0.25) is 4.98 Å². The minimum Gasteiger partial charge on any atom is -0.477 e. The summed E-state index contributed by atoms with van der Waals surface area (Å²) in [6.45, 7) is 0.270. The fraction of sp³-hybridized carbons (Fsp3) is 0.235. The molecule has 4 aromatic rings. The van der Waals surface area contributed by atoms with Crippen molar-refractivity contribution in [1.82, 2.24) is 19.6 Å². The monoisotopic (exact) mass is 372 g/mol. The topological polar surface area (TPSA) is 99.6 Å². The van der Waals surface area contributed by atoms with Crippen LogP contribution in [0.2, 0.25) is 0 Å². The minimum atomic E-state index is -2.99. The van der Waals surface area contributed by atoms with Crippen molar-refractivity contribution in [3.63, 3.8) is 0 Å². The zero-order valence-corrected chi connectivity index (χ0v) is 14.8. The van der Waals surface area contributed by atoms with E-state index in [4.69, 9.17) is 9.15 Å². The van der Waals surface area contributed by atoms with Gasteiger partial charge >= 0.3 is 0 Å². The van der Waals surface area contributed by atoms with Crippen LogP contribution in [-0.4, -0.2) is 46.6 Å². The fourth-order valence-electron chi connectivity index (χ4n) is 2.61. The molecule has 0 fully saturated rings. The first-order valence-corrected chi connectivity index (χ1v) is 10.0. The van der Waals surface area contributed by atoms with E-state index in [1.807, 2.05) is 6.07 Å². The van der Waals surface area contributed by atoms with Crippen LogP contribution in [-0.2, 0) is 9.84 Å². The summed E-state index contributed by atoms with van der Waals surface area (Å²) >= 11 is 0. The van der Waals surface area contributed by atoms with Crippen LogP contribution in [0, 0.1) is 0 Å². The summed E-state index contributed by atoms with van der Waals surface area (Å²) in [6, 6.07) is 7.17. The van der Waals surface area contributed by atoms with Gasteiger partial charge in [-0.15, -0.1) is 5.10 Å². The minimum absolute atomic E-state index is 0.0819. The molecule has 9 heteroatoms. The maximum absolute atomic E-state index is 11.2. The number of hydrogen-bond donors (Lipinski definition) is 0. The molecule has 0 unspecified atom stereocenters. The van der Waals surface area contributed by atoms with E-state index in [1.165, 1.54) is 6.26 Å². The number of ether oxygens (including phenoxy) is 1. The Morgan fingerprint density at radius 1 is 1.23 bits per heavy atom. The van der Waals surface area contributed by atoms with Gasteiger partial charge in [-0.25, -0.2) is 17.9 Å². The van der Waals surface area contributed by atoms with Gasteiger partial charge in [0.15, 0.2) is 11.4 Å². The molecule has 4 aromatic heterocycles. The number of imidazole rings is 1. The van der Waals surface area contributed by atoms with Gasteiger partial charge < -0.3 is 9.15 Å². The molecule has 0 N–H and O–H groups in total. The van der Waals surface area contributed by atoms with E-state index in [2.05, 4.69) is 15.1 Å². The molecule has 0 aromatic carbocycles. The van der Waals surface area contributed by atoms with Crippen LogP contribution in [0.15, 0.2) is 47.3 Å². The number of aromatic nitrogens is 4. The van der Waals surface area contributed by atoms with E-state index in [-0.39, 0.29) is 12.4 Å². The third-order valence-corrected chi connectivity index (χ3v) is 4.85. The number of nitrogens with zero attached hydrogens (tertiary/aromatic N) is 4. The van der Waals surface area contributed by atoms with Gasteiger partial charge in [-0.2, -0.15) is 0 Å². The maximum Gasteiger partial charge on any atom is 0.231 e. The highest BCUT2D eigenvalue weighted by atomic mass is 32.2. The van der Waals surface area contributed by atoms with Crippen molar-refractivity contribution in [2.24, 2.45) is 0 Å². The number of sulfone groups is 1. The lowest BCUT2D eigenvalue weighted by atomic mass is 10.3. The second-order valence-electron chi connectivity index (χ2n) is 5.94. The molecule has 0 bridgehead atoms. The molecule has 134 valence electrons. The van der Waals surface area contributed by atoms with E-state index in [1.54, 1.807) is 41.3 Å². The average molecular weight is 372 g/mol. The highest BCUT2D eigenvalue weighted by Gasteiger charge is 2.13. The van der Waals surface area contributed by atoms with Crippen LogP contribution in [0.5, 0.6) is 5.88 Å². The fourth-order valence-corrected chi connectivity index (χ4v) is 3.25. The number of hydrogen-bond acceptors (Lipinski definition) is 7. The van der Waals surface area contributed by atoms with Gasteiger partial charge in [0.1, 0.15) is 21.1 Å². The summed E-state index contributed by atoms with van der Waals surface area (Å²) in [5.74, 6) is 1.10. The van der Waals surface area contributed by atoms with Crippen LogP contribution in [0.25, 0.3) is 28.1 Å². The van der Waals surface area contributed by atoms with Gasteiger partial charge in [0.05, 0.1) is 18.6 Å². The molecule has 26 heavy (non-hydrogen) atoms. The summed E-state index contributed by atoms with van der Waals surface area (Å²) in [4.78, 5) is 8.41. The molecular formula is C17H16N4O4S. The van der Waals surface area contributed by atoms with Gasteiger partial charge in [0, 0.05) is 30.1 Å². The summed E-state index contributed by atoms with van der Waals surface area (Å²) in [5.41, 5.74) is 2.08. The second kappa shape index (κ2) is 6.41. The highest BCUT2D eigenvalue weighted by Crippen LogP contribution is 2.27. The Balaban J connectivity index is 1.60. The van der Waals surface area contributed by atoms with Gasteiger partial charge in [-0.1, -0.05) is 0 Å². The standard InChI is InChI=1S/C17H16N4O4S/c1-26(22,23)8-2-7-24-17-4-3-16-19-11-13(21(16)20-17)15-9-12-10-18-6-5-14(12)25-15/h3-6,9-11H,2,7-8H2,1H3. The molecule has 0 aliphatic heterocycles. The predicted molar refractivity (Wildman–Crippen MR) is 95.8 cm³/mol. The number of fused-ring (bicyclic) bond motifs is 2. The zero-order chi connectivity index (χ0) is 18.1. The first kappa shape index (κ1) is 16.5. The lowest BCUT2D eigenvalue weighted by Crippen LogP contribution is -2.09. The quantitative estimate of drug-likeness (QED) is 0.479. The van der Waals surface area contributed by atoms with E-state index >= 15 is 0 Å². The van der Waals surface area contributed by atoms with E-state index < -0.39 is 9.84 Å². The Morgan fingerprint density at radius 3 is 2.92 bits per heavy atom. The molecule has 0 spiro atoms. The Kier molecular flexibility index (Phi) is 4.08. The van der Waals surface area contributed by atoms with Crippen LogP contribution in [0.3, 0.4) is 0 Å². The van der Waals surface area contributed by atoms with E-state index in [0.717, 1.165) is 11.0 Å². The van der Waals surface area contributed by atoms with Crippen molar-refractivity contribution < 1.29 is 17.6 Å². The van der Waals surface area contributed by atoms with Crippen LogP contribution >= 0.6 is 0 Å². The summed E-state index contributed by atoms with van der Waals surface area (Å²) < 4.78 is 35.4. The Hall–Kier alpha value is -2.94. The first-order chi connectivity index (χ1) is 12.5. The first-order valence-electron chi connectivity index (χ1n) is 7.99. The second-order valence-corrected chi connectivity index (χ2v) is 8.20. The predicted octanol–water partition coefficient (Wildman–Crippen LogP) is 2.35. The summed E-state index contributed by atoms with van der Waals surface area (Å²) in [7, 11) is -2.99. The highest BCUT2D eigenvalue weighted by molar-refractivity contribution is 7.90. The Morgan fingerprint density at radius 2 is 2.12 bits per heavy atom. The van der Waals surface area contributed by atoms with Crippen molar-refractivity contribution >= 4 is 26.5 Å². The number of rotatable bonds is 6. The van der Waals surface area contributed by atoms with Crippen molar-refractivity contribution in [3.8, 4) is 17.3 Å². The number of pyridine rings is 1. The summed E-state index contributed by atoms with van der Waals surface area (Å²) in [5, 5.41) is 5.32. The van der Waals surface area contributed by atoms with E-state index in [9.17, 15) is 8.42 Å². The molecule has 0 aliphatic rings. The molecule has 8 nitrogen and oxygen atoms in total. The molecule has 4 rings (SSSR count). The molecule has 4 heterocycles. The van der Waals surface area contributed by atoms with Crippen LogP contribution in [0.4, 0.5) is 0 Å². The lowest BCUT2D eigenvalue weighted by molar-refractivity contribution is 0.301. The molecule has 0 saturated heterocycles. The van der Waals surface area contributed by atoms with Crippen LogP contribution in [0.1, 0.15) is 6.42 Å². The van der Waals surface area contributed by atoms with Gasteiger partial charge in [0.2, 0.25) is 5.88 Å². The van der Waals surface area contributed by atoms with Crippen molar-refractivity contribution in [3.05, 3.63) is 42.9 Å². The van der Waals surface area contributed by atoms with Crippen molar-refractivity contribution in [2.45, 2.75) is 6.42 Å². The normalized spacial score (nSPS) is 12.0. The SMILES string of the molecule is CS(=O)(=O)CCCOc1ccc2ncc(-c3cc4cnccc4o3)n2n1. The third kappa shape index (κ3) is 3.38. The number of furan rings is 1. The molecular weight excluding hydrogens is 356 g/mol. The zero-order valence-electron chi connectivity index (χ0n) is 14.0. The lowest BCUT2D eigenvalue weighted by Gasteiger charge is -2.05. The average Bonchev–Trinajstić information content (AvgIpc) is 3.21.